The second-order valence-corrected chi connectivity index (χ2v) is 7.45. The van der Waals surface area contributed by atoms with Crippen LogP contribution in [0.25, 0.3) is 0 Å². The molecule has 4 heteroatoms. The zero-order valence-electron chi connectivity index (χ0n) is 15.9. The monoisotopic (exact) mass is 339 g/mol. The van der Waals surface area contributed by atoms with Crippen LogP contribution in [0.15, 0.2) is 0 Å². The van der Waals surface area contributed by atoms with Gasteiger partial charge in [-0.1, -0.05) is 44.9 Å². The largest absolute Gasteiger partial charge is 0.461 e. The number of esters is 1. The van der Waals surface area contributed by atoms with Gasteiger partial charge in [-0.05, 0) is 39.5 Å². The Labute approximate surface area is 148 Å². The van der Waals surface area contributed by atoms with Gasteiger partial charge in [-0.2, -0.15) is 0 Å². The van der Waals surface area contributed by atoms with Crippen molar-refractivity contribution in [2.24, 2.45) is 0 Å². The molecule has 0 amide bonds. The second-order valence-electron chi connectivity index (χ2n) is 7.45. The average Bonchev–Trinajstić information content (AvgIpc) is 2.51. The molecule has 0 bridgehead atoms. The summed E-state index contributed by atoms with van der Waals surface area (Å²) in [5, 5.41) is 3.60. The molecule has 0 aliphatic carbocycles. The molecule has 24 heavy (non-hydrogen) atoms. The molecule has 0 spiro atoms. The normalized spacial score (nSPS) is 23.9. The lowest BCUT2D eigenvalue weighted by Gasteiger charge is -2.35. The topological polar surface area (TPSA) is 55.4 Å². The highest BCUT2D eigenvalue weighted by molar-refractivity contribution is 5.75. The Morgan fingerprint density at radius 3 is 2.04 bits per heavy atom. The lowest BCUT2D eigenvalue weighted by atomic mass is 9.93. The second kappa shape index (κ2) is 12.5. The SMILES string of the molecule is CC(=O)CCCCCCCCCC[C@H]1CC[C@@H](OC(C)=O)[C@@H](C)N1. The van der Waals surface area contributed by atoms with Gasteiger partial charge < -0.3 is 14.8 Å². The summed E-state index contributed by atoms with van der Waals surface area (Å²) in [6.45, 7) is 5.28. The Morgan fingerprint density at radius 2 is 1.50 bits per heavy atom. The van der Waals surface area contributed by atoms with Gasteiger partial charge in [-0.15, -0.1) is 0 Å². The van der Waals surface area contributed by atoms with Crippen LogP contribution in [0.1, 0.15) is 97.8 Å². The van der Waals surface area contributed by atoms with E-state index in [1.54, 1.807) is 6.92 Å². The van der Waals surface area contributed by atoms with Gasteiger partial charge in [0.05, 0.1) is 0 Å². The maximum Gasteiger partial charge on any atom is 0.302 e. The number of ether oxygens (including phenoxy) is 1. The van der Waals surface area contributed by atoms with Gasteiger partial charge >= 0.3 is 5.97 Å². The molecule has 0 aromatic rings. The van der Waals surface area contributed by atoms with E-state index in [0.29, 0.717) is 11.8 Å². The lowest BCUT2D eigenvalue weighted by molar-refractivity contribution is -0.149. The molecule has 0 unspecified atom stereocenters. The fourth-order valence-corrected chi connectivity index (χ4v) is 3.61. The van der Waals surface area contributed by atoms with Crippen LogP contribution in [0.5, 0.6) is 0 Å². The molecule has 1 fully saturated rings. The Kier molecular flexibility index (Phi) is 11.0. The number of carbonyl (C=O) groups excluding carboxylic acids is 2. The number of hydrogen-bond acceptors (Lipinski definition) is 4. The maximum atomic E-state index is 11.1. The van der Waals surface area contributed by atoms with Gasteiger partial charge in [0.2, 0.25) is 0 Å². The molecule has 0 radical (unpaired) electrons. The summed E-state index contributed by atoms with van der Waals surface area (Å²) in [7, 11) is 0. The Morgan fingerprint density at radius 1 is 0.917 bits per heavy atom. The lowest BCUT2D eigenvalue weighted by Crippen LogP contribution is -2.50. The van der Waals surface area contributed by atoms with Crippen molar-refractivity contribution < 1.29 is 14.3 Å². The van der Waals surface area contributed by atoms with Crippen molar-refractivity contribution in [1.29, 1.82) is 0 Å². The summed E-state index contributed by atoms with van der Waals surface area (Å²) in [5.41, 5.74) is 0. The molecule has 1 rings (SSSR count). The molecule has 1 aliphatic heterocycles. The zero-order valence-corrected chi connectivity index (χ0v) is 15.9. The molecule has 0 aromatic carbocycles. The van der Waals surface area contributed by atoms with E-state index in [-0.39, 0.29) is 18.1 Å². The van der Waals surface area contributed by atoms with Gasteiger partial charge in [0, 0.05) is 25.4 Å². The van der Waals surface area contributed by atoms with Crippen molar-refractivity contribution in [2.75, 3.05) is 0 Å². The molecular weight excluding hydrogens is 302 g/mol. The van der Waals surface area contributed by atoms with E-state index < -0.39 is 0 Å². The Bertz CT molecular complexity index is 370. The van der Waals surface area contributed by atoms with Crippen LogP contribution in [-0.4, -0.2) is 29.9 Å². The summed E-state index contributed by atoms with van der Waals surface area (Å²) < 4.78 is 5.34. The Balaban J connectivity index is 1.93. The number of piperidine rings is 1. The first-order valence-corrected chi connectivity index (χ1v) is 9.91. The molecule has 1 saturated heterocycles. The van der Waals surface area contributed by atoms with Crippen LogP contribution in [0.3, 0.4) is 0 Å². The Hall–Kier alpha value is -0.900. The van der Waals surface area contributed by atoms with Crippen LogP contribution in [0.2, 0.25) is 0 Å². The number of Topliss-reactive ketones (excluding diaryl/α,β-unsaturated/α-hetero) is 1. The first-order valence-electron chi connectivity index (χ1n) is 9.91. The smallest absolute Gasteiger partial charge is 0.302 e. The highest BCUT2D eigenvalue weighted by Gasteiger charge is 2.28. The van der Waals surface area contributed by atoms with Gasteiger partial charge in [0.1, 0.15) is 11.9 Å². The number of carbonyl (C=O) groups is 2. The standard InChI is InChI=1S/C20H37NO3/c1-16(22)12-10-8-6-4-5-7-9-11-13-19-14-15-20(17(2)21-19)24-18(3)23/h17,19-21H,4-15H2,1-3H3/t17-,19+,20-/m1/s1. The number of nitrogens with one attached hydrogen (secondary N) is 1. The van der Waals surface area contributed by atoms with Crippen molar-refractivity contribution in [1.82, 2.24) is 5.32 Å². The summed E-state index contributed by atoms with van der Waals surface area (Å²) >= 11 is 0. The maximum absolute atomic E-state index is 11.1. The van der Waals surface area contributed by atoms with Crippen molar-refractivity contribution in [3.05, 3.63) is 0 Å². The van der Waals surface area contributed by atoms with Gasteiger partial charge in [0.25, 0.3) is 0 Å². The molecule has 1 N–H and O–H groups in total. The van der Waals surface area contributed by atoms with E-state index in [4.69, 9.17) is 4.74 Å². The number of hydrogen-bond donors (Lipinski definition) is 1. The van der Waals surface area contributed by atoms with Crippen molar-refractivity contribution in [2.45, 2.75) is 116 Å². The third-order valence-corrected chi connectivity index (χ3v) is 5.00. The number of unbranched alkanes of at least 4 members (excludes halogenated alkanes) is 7. The van der Waals surface area contributed by atoms with Crippen molar-refractivity contribution >= 4 is 11.8 Å². The quantitative estimate of drug-likeness (QED) is 0.419. The molecular formula is C20H37NO3. The van der Waals surface area contributed by atoms with E-state index >= 15 is 0 Å². The fraction of sp³-hybridized carbons (Fsp3) is 0.900. The molecule has 0 saturated carbocycles. The summed E-state index contributed by atoms with van der Waals surface area (Å²) in [6, 6.07) is 0.848. The minimum absolute atomic E-state index is 0.0433. The van der Waals surface area contributed by atoms with Crippen LogP contribution in [0, 0.1) is 0 Å². The van der Waals surface area contributed by atoms with Crippen LogP contribution >= 0.6 is 0 Å². The van der Waals surface area contributed by atoms with E-state index in [1.165, 1.54) is 58.3 Å². The summed E-state index contributed by atoms with van der Waals surface area (Å²) in [5.74, 6) is 0.146. The van der Waals surface area contributed by atoms with Crippen molar-refractivity contribution in [3.63, 3.8) is 0 Å². The predicted molar refractivity (Wildman–Crippen MR) is 98.0 cm³/mol. The van der Waals surface area contributed by atoms with Crippen LogP contribution < -0.4 is 5.32 Å². The van der Waals surface area contributed by atoms with Gasteiger partial charge in [-0.25, -0.2) is 0 Å². The van der Waals surface area contributed by atoms with Crippen LogP contribution in [0.4, 0.5) is 0 Å². The first-order chi connectivity index (χ1) is 11.5. The predicted octanol–water partition coefficient (Wildman–Crippen LogP) is 4.55. The van der Waals surface area contributed by atoms with Gasteiger partial charge in [-0.3, -0.25) is 4.79 Å². The minimum Gasteiger partial charge on any atom is -0.461 e. The molecule has 0 aromatic heterocycles. The highest BCUT2D eigenvalue weighted by Crippen LogP contribution is 2.21. The van der Waals surface area contributed by atoms with E-state index in [2.05, 4.69) is 12.2 Å². The fourth-order valence-electron chi connectivity index (χ4n) is 3.61. The number of rotatable bonds is 12. The summed E-state index contributed by atoms with van der Waals surface area (Å²) in [6.07, 6.45) is 14.2. The summed E-state index contributed by atoms with van der Waals surface area (Å²) in [4.78, 5) is 21.9. The molecule has 4 nitrogen and oxygen atoms in total. The van der Waals surface area contributed by atoms with E-state index in [0.717, 1.165) is 25.7 Å². The van der Waals surface area contributed by atoms with E-state index in [1.807, 2.05) is 0 Å². The van der Waals surface area contributed by atoms with E-state index in [9.17, 15) is 9.59 Å². The first kappa shape index (κ1) is 21.1. The number of ketones is 1. The third-order valence-electron chi connectivity index (χ3n) is 5.00. The highest BCUT2D eigenvalue weighted by atomic mass is 16.5. The molecule has 1 heterocycles. The molecule has 1 aliphatic rings. The third kappa shape index (κ3) is 10.1. The zero-order chi connectivity index (χ0) is 17.8. The molecule has 3 atom stereocenters. The van der Waals surface area contributed by atoms with Gasteiger partial charge in [0.15, 0.2) is 0 Å². The minimum atomic E-state index is -0.173. The van der Waals surface area contributed by atoms with Crippen molar-refractivity contribution in [3.8, 4) is 0 Å². The van der Waals surface area contributed by atoms with Crippen LogP contribution in [-0.2, 0) is 14.3 Å². The average molecular weight is 340 g/mol. The molecule has 140 valence electrons.